The molecule has 0 aliphatic carbocycles. The van der Waals surface area contributed by atoms with E-state index in [1.54, 1.807) is 6.07 Å². The number of benzene rings is 1. The standard InChI is InChI=1S/C11H10BrN5O2/c1-6-4-7(2-3-8(6)12)16-11-9(17(18)19)10(13)14-5-15-11/h2-5H,1H3,(H3,13,14,15,16). The van der Waals surface area contributed by atoms with Gasteiger partial charge >= 0.3 is 5.69 Å². The monoisotopic (exact) mass is 323 g/mol. The molecule has 0 bridgehead atoms. The van der Waals surface area contributed by atoms with Crippen molar-refractivity contribution in [3.05, 3.63) is 44.7 Å². The number of aromatic nitrogens is 2. The van der Waals surface area contributed by atoms with Crippen LogP contribution in [0.1, 0.15) is 5.56 Å². The average Bonchev–Trinajstić information content (AvgIpc) is 2.33. The number of nitrogen functional groups attached to an aromatic ring is 1. The average molecular weight is 324 g/mol. The third-order valence-electron chi connectivity index (χ3n) is 2.45. The molecule has 0 atom stereocenters. The molecule has 8 heteroatoms. The zero-order valence-electron chi connectivity index (χ0n) is 9.92. The molecule has 1 aromatic carbocycles. The Morgan fingerprint density at radius 3 is 2.79 bits per heavy atom. The minimum absolute atomic E-state index is 0.0687. The van der Waals surface area contributed by atoms with Crippen molar-refractivity contribution in [3.63, 3.8) is 0 Å². The number of hydrogen-bond acceptors (Lipinski definition) is 6. The Morgan fingerprint density at radius 1 is 1.42 bits per heavy atom. The van der Waals surface area contributed by atoms with Crippen LogP contribution in [0.15, 0.2) is 29.0 Å². The molecule has 0 spiro atoms. The van der Waals surface area contributed by atoms with Crippen molar-refractivity contribution in [1.29, 1.82) is 0 Å². The van der Waals surface area contributed by atoms with E-state index in [1.165, 1.54) is 6.33 Å². The topological polar surface area (TPSA) is 107 Å². The summed E-state index contributed by atoms with van der Waals surface area (Å²) in [7, 11) is 0. The summed E-state index contributed by atoms with van der Waals surface area (Å²) in [4.78, 5) is 17.8. The van der Waals surface area contributed by atoms with Crippen LogP contribution < -0.4 is 11.1 Å². The lowest BCUT2D eigenvalue weighted by Crippen LogP contribution is -2.05. The van der Waals surface area contributed by atoms with Gasteiger partial charge in [-0.1, -0.05) is 15.9 Å². The first-order valence-corrected chi connectivity index (χ1v) is 6.06. The number of nitrogens with one attached hydrogen (secondary N) is 1. The number of aryl methyl sites for hydroxylation is 1. The van der Waals surface area contributed by atoms with Crippen molar-refractivity contribution in [3.8, 4) is 0 Å². The van der Waals surface area contributed by atoms with Gasteiger partial charge < -0.3 is 11.1 Å². The van der Waals surface area contributed by atoms with Crippen molar-refractivity contribution < 1.29 is 4.92 Å². The minimum atomic E-state index is -0.608. The molecular weight excluding hydrogens is 314 g/mol. The second-order valence-corrected chi connectivity index (χ2v) is 4.66. The van der Waals surface area contributed by atoms with Gasteiger partial charge in [0.05, 0.1) is 4.92 Å². The van der Waals surface area contributed by atoms with Gasteiger partial charge in [0.25, 0.3) is 0 Å². The Balaban J connectivity index is 2.40. The molecule has 19 heavy (non-hydrogen) atoms. The van der Waals surface area contributed by atoms with E-state index in [-0.39, 0.29) is 17.3 Å². The Morgan fingerprint density at radius 2 is 2.16 bits per heavy atom. The second kappa shape index (κ2) is 5.19. The first-order valence-electron chi connectivity index (χ1n) is 5.27. The minimum Gasteiger partial charge on any atom is -0.378 e. The fraction of sp³-hybridized carbons (Fsp3) is 0.0909. The van der Waals surface area contributed by atoms with E-state index in [2.05, 4.69) is 31.2 Å². The van der Waals surface area contributed by atoms with Crippen LogP contribution in [0.4, 0.5) is 23.0 Å². The van der Waals surface area contributed by atoms with E-state index >= 15 is 0 Å². The Bertz CT molecular complexity index is 647. The number of rotatable bonds is 3. The Kier molecular flexibility index (Phi) is 3.61. The number of anilines is 3. The number of nitrogens with zero attached hydrogens (tertiary/aromatic N) is 3. The molecule has 0 aliphatic heterocycles. The lowest BCUT2D eigenvalue weighted by atomic mass is 10.2. The molecule has 0 amide bonds. The van der Waals surface area contributed by atoms with Crippen LogP contribution >= 0.6 is 15.9 Å². The first-order chi connectivity index (χ1) is 8.99. The molecule has 2 rings (SSSR count). The highest BCUT2D eigenvalue weighted by Gasteiger charge is 2.20. The molecule has 2 aromatic rings. The molecule has 1 heterocycles. The van der Waals surface area contributed by atoms with Crippen LogP contribution in [0.3, 0.4) is 0 Å². The molecule has 1 aromatic heterocycles. The summed E-state index contributed by atoms with van der Waals surface area (Å²) >= 11 is 3.38. The fourth-order valence-electron chi connectivity index (χ4n) is 1.52. The number of hydrogen-bond donors (Lipinski definition) is 2. The van der Waals surface area contributed by atoms with Crippen molar-refractivity contribution in [1.82, 2.24) is 9.97 Å². The predicted octanol–water partition coefficient (Wildman–Crippen LogP) is 2.78. The molecule has 7 nitrogen and oxygen atoms in total. The Hall–Kier alpha value is -2.22. The molecule has 0 saturated carbocycles. The highest BCUT2D eigenvalue weighted by Crippen LogP contribution is 2.30. The van der Waals surface area contributed by atoms with Crippen molar-refractivity contribution in [2.75, 3.05) is 11.1 Å². The van der Waals surface area contributed by atoms with Gasteiger partial charge in [-0.2, -0.15) is 0 Å². The zero-order valence-corrected chi connectivity index (χ0v) is 11.5. The molecule has 0 saturated heterocycles. The lowest BCUT2D eigenvalue weighted by molar-refractivity contribution is -0.383. The van der Waals surface area contributed by atoms with Crippen molar-refractivity contribution in [2.45, 2.75) is 6.92 Å². The van der Waals surface area contributed by atoms with Crippen LogP contribution in [-0.4, -0.2) is 14.9 Å². The summed E-state index contributed by atoms with van der Waals surface area (Å²) in [5, 5.41) is 13.8. The maximum atomic E-state index is 11.0. The van der Waals surface area contributed by atoms with E-state index < -0.39 is 4.92 Å². The van der Waals surface area contributed by atoms with Gasteiger partial charge in [-0.15, -0.1) is 0 Å². The normalized spacial score (nSPS) is 10.2. The first kappa shape index (κ1) is 13.2. The van der Waals surface area contributed by atoms with Crippen molar-refractivity contribution in [2.24, 2.45) is 0 Å². The molecule has 0 fully saturated rings. The van der Waals surface area contributed by atoms with Gasteiger partial charge in [0.15, 0.2) is 0 Å². The van der Waals surface area contributed by atoms with Gasteiger partial charge in [0, 0.05) is 10.2 Å². The van der Waals surface area contributed by atoms with Gasteiger partial charge in [-0.3, -0.25) is 10.1 Å². The number of nitrogens with two attached hydrogens (primary N) is 1. The highest BCUT2D eigenvalue weighted by molar-refractivity contribution is 9.10. The fourth-order valence-corrected chi connectivity index (χ4v) is 1.77. The molecule has 98 valence electrons. The number of nitro groups is 1. The highest BCUT2D eigenvalue weighted by atomic mass is 79.9. The van der Waals surface area contributed by atoms with Crippen LogP contribution in [-0.2, 0) is 0 Å². The zero-order chi connectivity index (χ0) is 14.0. The summed E-state index contributed by atoms with van der Waals surface area (Å²) in [6.45, 7) is 1.91. The number of halogens is 1. The predicted molar refractivity (Wildman–Crippen MR) is 75.3 cm³/mol. The van der Waals surface area contributed by atoms with Crippen molar-refractivity contribution >= 4 is 38.9 Å². The van der Waals surface area contributed by atoms with Crippen LogP contribution in [0.5, 0.6) is 0 Å². The van der Waals surface area contributed by atoms with Crippen LogP contribution in [0, 0.1) is 17.0 Å². The summed E-state index contributed by atoms with van der Waals surface area (Å²) in [5.74, 6) is -0.101. The molecule has 3 N–H and O–H groups in total. The third-order valence-corrected chi connectivity index (χ3v) is 3.34. The largest absolute Gasteiger partial charge is 0.378 e. The van der Waals surface area contributed by atoms with E-state index in [9.17, 15) is 10.1 Å². The second-order valence-electron chi connectivity index (χ2n) is 3.80. The lowest BCUT2D eigenvalue weighted by Gasteiger charge is -2.08. The molecular formula is C11H10BrN5O2. The maximum absolute atomic E-state index is 11.0. The third kappa shape index (κ3) is 2.79. The smallest absolute Gasteiger partial charge is 0.353 e. The summed E-state index contributed by atoms with van der Waals surface area (Å²) in [6.07, 6.45) is 1.18. The van der Waals surface area contributed by atoms with Gasteiger partial charge in [0.1, 0.15) is 6.33 Å². The van der Waals surface area contributed by atoms with E-state index in [0.29, 0.717) is 5.69 Å². The van der Waals surface area contributed by atoms with Gasteiger partial charge in [-0.25, -0.2) is 9.97 Å². The summed E-state index contributed by atoms with van der Waals surface area (Å²) in [5.41, 5.74) is 6.84. The van der Waals surface area contributed by atoms with E-state index in [4.69, 9.17) is 5.73 Å². The molecule has 0 radical (unpaired) electrons. The maximum Gasteiger partial charge on any atom is 0.353 e. The summed E-state index contributed by atoms with van der Waals surface area (Å²) < 4.78 is 0.953. The quantitative estimate of drug-likeness (QED) is 0.664. The van der Waals surface area contributed by atoms with Crippen LogP contribution in [0.2, 0.25) is 0 Å². The molecule has 0 unspecified atom stereocenters. The van der Waals surface area contributed by atoms with E-state index in [1.807, 2.05) is 19.1 Å². The van der Waals surface area contributed by atoms with Crippen LogP contribution in [0.25, 0.3) is 0 Å². The Labute approximate surface area is 117 Å². The summed E-state index contributed by atoms with van der Waals surface area (Å²) in [6, 6.07) is 5.46. The molecule has 0 aliphatic rings. The SMILES string of the molecule is Cc1cc(Nc2ncnc(N)c2[N+](=O)[O-])ccc1Br. The van der Waals surface area contributed by atoms with E-state index in [0.717, 1.165) is 10.0 Å². The van der Waals surface area contributed by atoms with Gasteiger partial charge in [-0.05, 0) is 30.7 Å². The van der Waals surface area contributed by atoms with Gasteiger partial charge in [0.2, 0.25) is 11.6 Å².